The molecule has 4 heteroatoms. The van der Waals surface area contributed by atoms with Crippen molar-refractivity contribution in [1.82, 2.24) is 0 Å². The molecule has 0 amide bonds. The van der Waals surface area contributed by atoms with E-state index in [0.717, 1.165) is 22.8 Å². The Labute approximate surface area is 168 Å². The SMILES string of the molecule is CCN1C(=C2C(=O)c3ccccc3OC2c2ccccc2)Sc2ccccc21. The Morgan fingerprint density at radius 2 is 1.64 bits per heavy atom. The number of hydrogen-bond donors (Lipinski definition) is 0. The van der Waals surface area contributed by atoms with Gasteiger partial charge in [0, 0.05) is 11.4 Å². The topological polar surface area (TPSA) is 29.5 Å². The van der Waals surface area contributed by atoms with E-state index in [4.69, 9.17) is 4.74 Å². The van der Waals surface area contributed by atoms with Crippen LogP contribution >= 0.6 is 11.8 Å². The Kier molecular flexibility index (Phi) is 4.21. The lowest BCUT2D eigenvalue weighted by Crippen LogP contribution is -2.29. The van der Waals surface area contributed by atoms with Crippen molar-refractivity contribution in [2.24, 2.45) is 0 Å². The Morgan fingerprint density at radius 3 is 2.46 bits per heavy atom. The fourth-order valence-electron chi connectivity index (χ4n) is 3.83. The maximum Gasteiger partial charge on any atom is 0.199 e. The zero-order valence-electron chi connectivity index (χ0n) is 15.5. The van der Waals surface area contributed by atoms with Gasteiger partial charge in [-0.3, -0.25) is 4.79 Å². The van der Waals surface area contributed by atoms with Crippen LogP contribution in [-0.2, 0) is 0 Å². The maximum atomic E-state index is 13.6. The Morgan fingerprint density at radius 1 is 0.929 bits per heavy atom. The monoisotopic (exact) mass is 385 g/mol. The van der Waals surface area contributed by atoms with E-state index in [0.29, 0.717) is 16.9 Å². The zero-order valence-corrected chi connectivity index (χ0v) is 16.3. The first-order valence-electron chi connectivity index (χ1n) is 9.42. The van der Waals surface area contributed by atoms with Gasteiger partial charge in [-0.15, -0.1) is 0 Å². The molecule has 0 spiro atoms. The van der Waals surface area contributed by atoms with Crippen molar-refractivity contribution in [3.63, 3.8) is 0 Å². The minimum atomic E-state index is -0.422. The number of anilines is 1. The van der Waals surface area contributed by atoms with Gasteiger partial charge in [-0.25, -0.2) is 0 Å². The number of ether oxygens (including phenoxy) is 1. The normalized spacial score (nSPS) is 20.5. The molecular weight excluding hydrogens is 366 g/mol. The van der Waals surface area contributed by atoms with Crippen LogP contribution in [0, 0.1) is 0 Å². The number of thioether (sulfide) groups is 1. The summed E-state index contributed by atoms with van der Waals surface area (Å²) >= 11 is 1.66. The van der Waals surface area contributed by atoms with Crippen molar-refractivity contribution in [2.45, 2.75) is 17.9 Å². The van der Waals surface area contributed by atoms with Crippen LogP contribution in [0.5, 0.6) is 5.75 Å². The molecule has 0 radical (unpaired) electrons. The Bertz CT molecular complexity index is 1090. The van der Waals surface area contributed by atoms with E-state index in [9.17, 15) is 4.79 Å². The summed E-state index contributed by atoms with van der Waals surface area (Å²) in [5.74, 6) is 0.693. The van der Waals surface area contributed by atoms with Crippen molar-refractivity contribution in [3.8, 4) is 5.75 Å². The van der Waals surface area contributed by atoms with Gasteiger partial charge in [0.05, 0.1) is 21.9 Å². The molecule has 1 atom stereocenters. The molecule has 3 aromatic carbocycles. The number of carbonyl (C=O) groups is 1. The smallest absolute Gasteiger partial charge is 0.199 e. The summed E-state index contributed by atoms with van der Waals surface area (Å²) in [6.07, 6.45) is -0.422. The number of benzene rings is 3. The van der Waals surface area contributed by atoms with E-state index in [1.165, 1.54) is 4.90 Å². The van der Waals surface area contributed by atoms with E-state index >= 15 is 0 Å². The molecule has 0 bridgehead atoms. The first kappa shape index (κ1) is 17.1. The Hall–Kier alpha value is -2.98. The van der Waals surface area contributed by atoms with Gasteiger partial charge in [0.1, 0.15) is 5.75 Å². The maximum absolute atomic E-state index is 13.6. The highest BCUT2D eigenvalue weighted by Gasteiger charge is 2.39. The lowest BCUT2D eigenvalue weighted by Gasteiger charge is -2.31. The second-order valence-corrected chi connectivity index (χ2v) is 7.80. The lowest BCUT2D eigenvalue weighted by atomic mass is 9.91. The third-order valence-electron chi connectivity index (χ3n) is 5.14. The van der Waals surface area contributed by atoms with E-state index in [1.54, 1.807) is 11.8 Å². The number of para-hydroxylation sites is 2. The molecule has 0 fully saturated rings. The van der Waals surface area contributed by atoms with Crippen LogP contribution in [0.3, 0.4) is 0 Å². The van der Waals surface area contributed by atoms with E-state index < -0.39 is 6.10 Å². The summed E-state index contributed by atoms with van der Waals surface area (Å²) in [6, 6.07) is 25.8. The summed E-state index contributed by atoms with van der Waals surface area (Å²) in [7, 11) is 0. The molecule has 0 aromatic heterocycles. The summed E-state index contributed by atoms with van der Waals surface area (Å²) in [6.45, 7) is 2.90. The third kappa shape index (κ3) is 2.64. The molecule has 3 aromatic rings. The van der Waals surface area contributed by atoms with Crippen molar-refractivity contribution in [2.75, 3.05) is 11.4 Å². The number of rotatable bonds is 2. The molecule has 2 heterocycles. The van der Waals surface area contributed by atoms with E-state index in [-0.39, 0.29) is 5.78 Å². The van der Waals surface area contributed by atoms with Gasteiger partial charge < -0.3 is 9.64 Å². The van der Waals surface area contributed by atoms with E-state index in [1.807, 2.05) is 66.7 Å². The van der Waals surface area contributed by atoms with Gasteiger partial charge in [0.2, 0.25) is 0 Å². The molecule has 3 nitrogen and oxygen atoms in total. The van der Waals surface area contributed by atoms with Crippen LogP contribution < -0.4 is 9.64 Å². The number of Topliss-reactive ketones (excluding diaryl/α,β-unsaturated/α-hetero) is 1. The van der Waals surface area contributed by atoms with Crippen LogP contribution in [0.15, 0.2) is 94.4 Å². The zero-order chi connectivity index (χ0) is 19.1. The van der Waals surface area contributed by atoms with Crippen molar-refractivity contribution in [3.05, 3.63) is 101 Å². The molecule has 5 rings (SSSR count). The number of nitrogens with zero attached hydrogens (tertiary/aromatic N) is 1. The second kappa shape index (κ2) is 6.88. The van der Waals surface area contributed by atoms with E-state index in [2.05, 4.69) is 24.0 Å². The highest BCUT2D eigenvalue weighted by molar-refractivity contribution is 8.03. The van der Waals surface area contributed by atoms with Crippen LogP contribution in [0.2, 0.25) is 0 Å². The number of fused-ring (bicyclic) bond motifs is 2. The standard InChI is InChI=1S/C24H19NO2S/c1-2-25-18-13-7-9-15-20(18)28-24(25)21-22(26)17-12-6-8-14-19(17)27-23(21)16-10-4-3-5-11-16/h3-15,23H,2H2,1H3. The van der Waals surface area contributed by atoms with Gasteiger partial charge in [-0.05, 0) is 36.8 Å². The average molecular weight is 385 g/mol. The van der Waals surface area contributed by atoms with Crippen molar-refractivity contribution >= 4 is 23.2 Å². The quantitative estimate of drug-likeness (QED) is 0.518. The molecule has 0 N–H and O–H groups in total. The van der Waals surface area contributed by atoms with Gasteiger partial charge >= 0.3 is 0 Å². The molecule has 0 aliphatic carbocycles. The molecule has 2 aliphatic heterocycles. The predicted octanol–water partition coefficient (Wildman–Crippen LogP) is 5.85. The van der Waals surface area contributed by atoms with Crippen LogP contribution in [0.25, 0.3) is 0 Å². The molecule has 2 aliphatic rings. The minimum absolute atomic E-state index is 0.0458. The molecular formula is C24H19NO2S. The predicted molar refractivity (Wildman–Crippen MR) is 113 cm³/mol. The summed E-state index contributed by atoms with van der Waals surface area (Å²) < 4.78 is 6.39. The summed E-state index contributed by atoms with van der Waals surface area (Å²) in [5.41, 5.74) is 3.48. The van der Waals surface area contributed by atoms with Gasteiger partial charge in [-0.1, -0.05) is 66.4 Å². The van der Waals surface area contributed by atoms with Gasteiger partial charge in [0.25, 0.3) is 0 Å². The average Bonchev–Trinajstić information content (AvgIpc) is 3.12. The van der Waals surface area contributed by atoms with Crippen molar-refractivity contribution in [1.29, 1.82) is 0 Å². The Balaban J connectivity index is 1.73. The number of ketones is 1. The van der Waals surface area contributed by atoms with Crippen LogP contribution in [0.4, 0.5) is 5.69 Å². The largest absolute Gasteiger partial charge is 0.480 e. The number of hydrogen-bond acceptors (Lipinski definition) is 4. The summed E-state index contributed by atoms with van der Waals surface area (Å²) in [5, 5.41) is 0.969. The molecule has 0 saturated heterocycles. The van der Waals surface area contributed by atoms with Crippen molar-refractivity contribution < 1.29 is 9.53 Å². The molecule has 138 valence electrons. The second-order valence-electron chi connectivity index (χ2n) is 6.77. The third-order valence-corrected chi connectivity index (χ3v) is 6.34. The highest BCUT2D eigenvalue weighted by Crippen LogP contribution is 2.51. The highest BCUT2D eigenvalue weighted by atomic mass is 32.2. The van der Waals surface area contributed by atoms with Crippen LogP contribution in [-0.4, -0.2) is 12.3 Å². The fraction of sp³-hybridized carbons (Fsp3) is 0.125. The fourth-order valence-corrected chi connectivity index (χ4v) is 5.11. The van der Waals surface area contributed by atoms with Crippen LogP contribution in [0.1, 0.15) is 28.9 Å². The summed E-state index contributed by atoms with van der Waals surface area (Å²) in [4.78, 5) is 17.0. The van der Waals surface area contributed by atoms with Gasteiger partial charge in [-0.2, -0.15) is 0 Å². The first-order valence-corrected chi connectivity index (χ1v) is 10.2. The molecule has 0 saturated carbocycles. The first-order chi connectivity index (χ1) is 13.8. The molecule has 1 unspecified atom stereocenters. The van der Waals surface area contributed by atoms with Gasteiger partial charge in [0.15, 0.2) is 11.9 Å². The minimum Gasteiger partial charge on any atom is -0.480 e. The lowest BCUT2D eigenvalue weighted by molar-refractivity contribution is 0.0959. The molecule has 28 heavy (non-hydrogen) atoms. The number of carbonyl (C=O) groups excluding carboxylic acids is 1.